The van der Waals surface area contributed by atoms with Crippen molar-refractivity contribution in [2.45, 2.75) is 25.8 Å². The van der Waals surface area contributed by atoms with Crippen LogP contribution in [0.3, 0.4) is 0 Å². The molecule has 9 N–H and O–H groups in total. The zero-order chi connectivity index (χ0) is 25.8. The molecule has 0 bridgehead atoms. The number of carbonyl (C=O) groups excluding carboxylic acids is 3. The van der Waals surface area contributed by atoms with Gasteiger partial charge in [0, 0.05) is 13.0 Å². The van der Waals surface area contributed by atoms with Gasteiger partial charge in [-0.15, -0.1) is 0 Å². The van der Waals surface area contributed by atoms with E-state index < -0.39 is 29.6 Å². The summed E-state index contributed by atoms with van der Waals surface area (Å²) in [6.45, 7) is 0.210. The fourth-order valence-electron chi connectivity index (χ4n) is 3.28. The summed E-state index contributed by atoms with van der Waals surface area (Å²) in [5.74, 6) is 0.912. The predicted molar refractivity (Wildman–Crippen MR) is 128 cm³/mol. The molecule has 0 spiro atoms. The van der Waals surface area contributed by atoms with Crippen molar-refractivity contribution in [2.75, 3.05) is 6.54 Å². The number of hydrogen-bond donors (Lipinski definition) is 6. The Balaban J connectivity index is 2.23. The average molecular weight is 484 g/mol. The number of aliphatic imine (C=N–C) groups is 1. The van der Waals surface area contributed by atoms with Crippen molar-refractivity contribution in [3.8, 4) is 0 Å². The molecule has 0 aromatic heterocycles. The third-order valence-corrected chi connectivity index (χ3v) is 5.04. The average Bonchev–Trinajstić information content (AvgIpc) is 2.85. The zero-order valence-electron chi connectivity index (χ0n) is 19.0. The first-order valence-electron chi connectivity index (χ1n) is 10.8. The zero-order valence-corrected chi connectivity index (χ0v) is 19.0. The summed E-state index contributed by atoms with van der Waals surface area (Å²) in [6.07, 6.45) is 0.147. The van der Waals surface area contributed by atoms with Gasteiger partial charge in [-0.3, -0.25) is 35.0 Å². The maximum Gasteiger partial charge on any atom is 0.307 e. The highest BCUT2D eigenvalue weighted by Gasteiger charge is 2.26. The Morgan fingerprint density at radius 3 is 2.11 bits per heavy atom. The van der Waals surface area contributed by atoms with E-state index in [0.717, 1.165) is 5.01 Å². The molecular formula is C23H29N7O5. The fraction of sp³-hybridized carbons (Fsp3) is 0.261. The topological polar surface area (TPSA) is 206 Å². The maximum atomic E-state index is 13.1. The van der Waals surface area contributed by atoms with E-state index in [2.05, 4.69) is 10.4 Å². The van der Waals surface area contributed by atoms with Gasteiger partial charge < -0.3 is 16.6 Å². The van der Waals surface area contributed by atoms with Crippen molar-refractivity contribution in [3.05, 3.63) is 71.3 Å². The van der Waals surface area contributed by atoms with Crippen molar-refractivity contribution < 1.29 is 24.3 Å². The van der Waals surface area contributed by atoms with Gasteiger partial charge in [0.1, 0.15) is 0 Å². The minimum Gasteiger partial charge on any atom is -0.481 e. The van der Waals surface area contributed by atoms with Crippen molar-refractivity contribution in [3.63, 3.8) is 0 Å². The molecule has 0 radical (unpaired) electrons. The first-order chi connectivity index (χ1) is 16.7. The summed E-state index contributed by atoms with van der Waals surface area (Å²) < 4.78 is 0. The van der Waals surface area contributed by atoms with Gasteiger partial charge in [-0.25, -0.2) is 10.9 Å². The Labute approximate surface area is 202 Å². The summed E-state index contributed by atoms with van der Waals surface area (Å²) in [5, 5.41) is 10.6. The highest BCUT2D eigenvalue weighted by molar-refractivity contribution is 6.07. The molecule has 2 aromatic rings. The largest absolute Gasteiger partial charge is 0.481 e. The number of carboxylic acid groups (broad SMARTS) is 1. The summed E-state index contributed by atoms with van der Waals surface area (Å²) in [5.41, 5.74) is 15.7. The second-order valence-corrected chi connectivity index (χ2v) is 7.61. The Morgan fingerprint density at radius 2 is 1.54 bits per heavy atom. The van der Waals surface area contributed by atoms with Crippen LogP contribution in [0, 0.1) is 5.92 Å². The number of guanidine groups is 1. The molecule has 12 nitrogen and oxygen atoms in total. The van der Waals surface area contributed by atoms with Crippen LogP contribution in [0.4, 0.5) is 0 Å². The number of benzene rings is 2. The van der Waals surface area contributed by atoms with E-state index in [1.54, 1.807) is 42.5 Å². The van der Waals surface area contributed by atoms with E-state index in [0.29, 0.717) is 12.0 Å². The van der Waals surface area contributed by atoms with Crippen molar-refractivity contribution in [1.82, 2.24) is 15.9 Å². The highest BCUT2D eigenvalue weighted by atomic mass is 16.4. The number of aliphatic carboxylic acids is 1. The molecule has 0 aliphatic heterocycles. The van der Waals surface area contributed by atoms with Crippen LogP contribution in [0.5, 0.6) is 0 Å². The smallest absolute Gasteiger partial charge is 0.307 e. The molecule has 1 atom stereocenters. The molecule has 35 heavy (non-hydrogen) atoms. The number of nitrogens with one attached hydrogen (secondary N) is 2. The Hall–Kier alpha value is -4.45. The van der Waals surface area contributed by atoms with Crippen LogP contribution < -0.4 is 28.2 Å². The molecule has 186 valence electrons. The standard InChI is InChI=1S/C23H29N7O5/c24-23(25)27-12-6-9-16(22(34)35)13-19(31)30(14-15-7-2-1-3-8-15)29-21(33)18-11-5-4-10-17(18)20(32)28-26/h1-5,7-8,10-11,16H,6,9,12-14,26H2,(H,28,32)(H,29,33)(H,34,35)(H4,24,25,27)/t16-/m0/s1. The van der Waals surface area contributed by atoms with Crippen LogP contribution >= 0.6 is 0 Å². The van der Waals surface area contributed by atoms with Crippen molar-refractivity contribution in [1.29, 1.82) is 0 Å². The number of rotatable bonds is 11. The lowest BCUT2D eigenvalue weighted by Gasteiger charge is -2.25. The lowest BCUT2D eigenvalue weighted by atomic mass is 9.99. The molecule has 0 heterocycles. The van der Waals surface area contributed by atoms with Crippen molar-refractivity contribution in [2.24, 2.45) is 28.2 Å². The van der Waals surface area contributed by atoms with Crippen LogP contribution in [0.25, 0.3) is 0 Å². The summed E-state index contributed by atoms with van der Waals surface area (Å²) in [6, 6.07) is 14.8. The number of amides is 3. The number of carboxylic acids is 1. The molecule has 2 rings (SSSR count). The van der Waals surface area contributed by atoms with Gasteiger partial charge in [-0.1, -0.05) is 42.5 Å². The lowest BCUT2D eigenvalue weighted by molar-refractivity contribution is -0.147. The van der Waals surface area contributed by atoms with Crippen LogP contribution in [0.2, 0.25) is 0 Å². The van der Waals surface area contributed by atoms with Gasteiger partial charge in [-0.2, -0.15) is 0 Å². The van der Waals surface area contributed by atoms with Crippen LogP contribution in [0.1, 0.15) is 45.5 Å². The van der Waals surface area contributed by atoms with E-state index in [4.69, 9.17) is 17.3 Å². The van der Waals surface area contributed by atoms with Gasteiger partial charge in [0.2, 0.25) is 5.91 Å². The van der Waals surface area contributed by atoms with Crippen LogP contribution in [-0.4, -0.2) is 46.3 Å². The first kappa shape index (κ1) is 26.8. The van der Waals surface area contributed by atoms with Gasteiger partial charge >= 0.3 is 5.97 Å². The number of hydrazine groups is 2. The third-order valence-electron chi connectivity index (χ3n) is 5.04. The number of nitrogens with zero attached hydrogens (tertiary/aromatic N) is 2. The summed E-state index contributed by atoms with van der Waals surface area (Å²) in [7, 11) is 0. The second-order valence-electron chi connectivity index (χ2n) is 7.61. The molecule has 0 saturated carbocycles. The van der Waals surface area contributed by atoms with Gasteiger partial charge in [0.15, 0.2) is 5.96 Å². The Bertz CT molecular complexity index is 1070. The highest BCUT2D eigenvalue weighted by Crippen LogP contribution is 2.16. The molecule has 3 amide bonds. The molecule has 12 heteroatoms. The predicted octanol–water partition coefficient (Wildman–Crippen LogP) is 0.108. The Kier molecular flexibility index (Phi) is 10.2. The normalized spacial score (nSPS) is 11.1. The quantitative estimate of drug-likeness (QED) is 0.0644. The second kappa shape index (κ2) is 13.3. The number of nitrogen functional groups attached to an aromatic ring is 1. The summed E-state index contributed by atoms with van der Waals surface area (Å²) >= 11 is 0. The van der Waals surface area contributed by atoms with Gasteiger partial charge in [0.05, 0.1) is 23.6 Å². The SMILES string of the molecule is NNC(=O)c1ccccc1C(=O)NN(Cc1ccccc1)C(=O)C[C@H](CCCN=C(N)N)C(=O)O. The van der Waals surface area contributed by atoms with E-state index in [1.807, 2.05) is 5.43 Å². The fourth-order valence-corrected chi connectivity index (χ4v) is 3.28. The lowest BCUT2D eigenvalue weighted by Crippen LogP contribution is -2.47. The number of carbonyl (C=O) groups is 4. The molecule has 0 unspecified atom stereocenters. The molecule has 0 saturated heterocycles. The molecule has 0 fully saturated rings. The minimum absolute atomic E-state index is 0.00617. The molecule has 2 aromatic carbocycles. The molecular weight excluding hydrogens is 454 g/mol. The van der Waals surface area contributed by atoms with E-state index in [-0.39, 0.29) is 43.0 Å². The van der Waals surface area contributed by atoms with E-state index >= 15 is 0 Å². The first-order valence-corrected chi connectivity index (χ1v) is 10.8. The van der Waals surface area contributed by atoms with Gasteiger partial charge in [0.25, 0.3) is 11.8 Å². The van der Waals surface area contributed by atoms with E-state index in [9.17, 15) is 24.3 Å². The van der Waals surface area contributed by atoms with E-state index in [1.165, 1.54) is 12.1 Å². The maximum absolute atomic E-state index is 13.1. The van der Waals surface area contributed by atoms with Crippen molar-refractivity contribution >= 4 is 29.7 Å². The number of nitrogens with two attached hydrogens (primary N) is 3. The summed E-state index contributed by atoms with van der Waals surface area (Å²) in [4.78, 5) is 53.7. The molecule has 0 aliphatic carbocycles. The monoisotopic (exact) mass is 483 g/mol. The Morgan fingerprint density at radius 1 is 0.943 bits per heavy atom. The van der Waals surface area contributed by atoms with Crippen LogP contribution in [0.15, 0.2) is 59.6 Å². The number of hydrogen-bond acceptors (Lipinski definition) is 6. The van der Waals surface area contributed by atoms with Gasteiger partial charge in [-0.05, 0) is 30.5 Å². The third kappa shape index (κ3) is 8.44. The minimum atomic E-state index is -1.15. The van der Waals surface area contributed by atoms with Crippen LogP contribution in [-0.2, 0) is 16.1 Å². The molecule has 0 aliphatic rings.